The molecule has 6 atom stereocenters. The molecule has 0 amide bonds. The standard InChI is InChI=1S/C25H44O4/c1-7-18(3)20(5)12-10-16-28-24(26)22-14-9-15-23(22)25(27)29-17-11-13-21(6)19(4)8-2/h9,14,18-23H,7-8,10-13,15-17H2,1-6H3. The minimum Gasteiger partial charge on any atom is -0.465 e. The van der Waals surface area contributed by atoms with Gasteiger partial charge in [0.25, 0.3) is 0 Å². The fourth-order valence-electron chi connectivity index (χ4n) is 3.87. The lowest BCUT2D eigenvalue weighted by molar-refractivity contribution is -0.158. The number of hydrogen-bond acceptors (Lipinski definition) is 4. The largest absolute Gasteiger partial charge is 0.465 e. The van der Waals surface area contributed by atoms with Crippen molar-refractivity contribution in [2.75, 3.05) is 13.2 Å². The van der Waals surface area contributed by atoms with Crippen LogP contribution in [0.1, 0.15) is 86.5 Å². The first-order chi connectivity index (χ1) is 13.8. The van der Waals surface area contributed by atoms with Crippen LogP contribution in [0, 0.1) is 35.5 Å². The molecule has 0 aliphatic heterocycles. The molecule has 4 heteroatoms. The van der Waals surface area contributed by atoms with Gasteiger partial charge in [-0.1, -0.05) is 66.5 Å². The molecule has 0 radical (unpaired) electrons. The number of carbonyl (C=O) groups is 2. The smallest absolute Gasteiger partial charge is 0.313 e. The lowest BCUT2D eigenvalue weighted by atomic mass is 9.90. The van der Waals surface area contributed by atoms with Gasteiger partial charge in [0, 0.05) is 0 Å². The molecule has 168 valence electrons. The van der Waals surface area contributed by atoms with Crippen LogP contribution in [0.15, 0.2) is 12.2 Å². The van der Waals surface area contributed by atoms with Gasteiger partial charge in [-0.15, -0.1) is 0 Å². The molecule has 1 aliphatic rings. The first kappa shape index (κ1) is 25.7. The van der Waals surface area contributed by atoms with Gasteiger partial charge in [0.05, 0.1) is 25.0 Å². The predicted octanol–water partition coefficient (Wildman–Crippen LogP) is 6.19. The van der Waals surface area contributed by atoms with Gasteiger partial charge >= 0.3 is 11.9 Å². The van der Waals surface area contributed by atoms with E-state index in [-0.39, 0.29) is 11.9 Å². The summed E-state index contributed by atoms with van der Waals surface area (Å²) in [6, 6.07) is 0. The maximum atomic E-state index is 12.5. The Balaban J connectivity index is 2.31. The summed E-state index contributed by atoms with van der Waals surface area (Å²) in [6.45, 7) is 14.3. The molecule has 6 unspecified atom stereocenters. The third-order valence-corrected chi connectivity index (χ3v) is 7.07. The number of carbonyl (C=O) groups excluding carboxylic acids is 2. The van der Waals surface area contributed by atoms with E-state index in [0.717, 1.165) is 25.7 Å². The van der Waals surface area contributed by atoms with Crippen molar-refractivity contribution in [2.24, 2.45) is 35.5 Å². The summed E-state index contributed by atoms with van der Waals surface area (Å²) < 4.78 is 10.9. The van der Waals surface area contributed by atoms with Crippen molar-refractivity contribution < 1.29 is 19.1 Å². The van der Waals surface area contributed by atoms with Crippen LogP contribution in [0.3, 0.4) is 0 Å². The molecular weight excluding hydrogens is 364 g/mol. The molecule has 1 rings (SSSR count). The van der Waals surface area contributed by atoms with Gasteiger partial charge in [-0.25, -0.2) is 0 Å². The van der Waals surface area contributed by atoms with Crippen molar-refractivity contribution in [3.05, 3.63) is 12.2 Å². The summed E-state index contributed by atoms with van der Waals surface area (Å²) in [4.78, 5) is 24.9. The third-order valence-electron chi connectivity index (χ3n) is 7.07. The molecular formula is C25H44O4. The summed E-state index contributed by atoms with van der Waals surface area (Å²) in [6.07, 6.45) is 10.5. The maximum absolute atomic E-state index is 12.5. The molecule has 0 spiro atoms. The minimum absolute atomic E-state index is 0.265. The Morgan fingerprint density at radius 3 is 1.79 bits per heavy atom. The van der Waals surface area contributed by atoms with Crippen molar-refractivity contribution in [2.45, 2.75) is 86.5 Å². The van der Waals surface area contributed by atoms with E-state index in [4.69, 9.17) is 9.47 Å². The fourth-order valence-corrected chi connectivity index (χ4v) is 3.87. The zero-order valence-electron chi connectivity index (χ0n) is 19.6. The van der Waals surface area contributed by atoms with E-state index < -0.39 is 11.8 Å². The molecule has 0 fully saturated rings. The van der Waals surface area contributed by atoms with E-state index in [9.17, 15) is 9.59 Å². The van der Waals surface area contributed by atoms with Crippen LogP contribution in [0.2, 0.25) is 0 Å². The SMILES string of the molecule is CCC(C)C(C)CCCOC(=O)C1C=CCC1C(=O)OCCCC(C)C(C)CC. The van der Waals surface area contributed by atoms with Crippen molar-refractivity contribution in [3.63, 3.8) is 0 Å². The van der Waals surface area contributed by atoms with Gasteiger partial charge in [-0.05, 0) is 55.8 Å². The van der Waals surface area contributed by atoms with E-state index in [1.54, 1.807) is 6.08 Å². The molecule has 1 aliphatic carbocycles. The Labute approximate surface area is 178 Å². The number of allylic oxidation sites excluding steroid dienone is 1. The highest BCUT2D eigenvalue weighted by molar-refractivity contribution is 5.84. The van der Waals surface area contributed by atoms with Gasteiger partial charge in [0.15, 0.2) is 0 Å². The Morgan fingerprint density at radius 1 is 0.828 bits per heavy atom. The Hall–Kier alpha value is -1.32. The maximum Gasteiger partial charge on any atom is 0.313 e. The molecule has 4 nitrogen and oxygen atoms in total. The van der Waals surface area contributed by atoms with Crippen molar-refractivity contribution in [1.82, 2.24) is 0 Å². The molecule has 0 saturated heterocycles. The highest BCUT2D eigenvalue weighted by Crippen LogP contribution is 2.28. The van der Waals surface area contributed by atoms with E-state index in [1.807, 2.05) is 6.08 Å². The summed E-state index contributed by atoms with van der Waals surface area (Å²) in [7, 11) is 0. The fraction of sp³-hybridized carbons (Fsp3) is 0.840. The average Bonchev–Trinajstić information content (AvgIpc) is 3.22. The summed E-state index contributed by atoms with van der Waals surface area (Å²) in [5, 5.41) is 0. The third kappa shape index (κ3) is 8.92. The summed E-state index contributed by atoms with van der Waals surface area (Å²) in [5.74, 6) is 1.18. The van der Waals surface area contributed by atoms with Gasteiger partial charge in [-0.2, -0.15) is 0 Å². The van der Waals surface area contributed by atoms with Crippen LogP contribution < -0.4 is 0 Å². The second-order valence-corrected chi connectivity index (χ2v) is 9.14. The highest BCUT2D eigenvalue weighted by atomic mass is 16.5. The average molecular weight is 409 g/mol. The van der Waals surface area contributed by atoms with Gasteiger partial charge < -0.3 is 9.47 Å². The first-order valence-corrected chi connectivity index (χ1v) is 11.8. The van der Waals surface area contributed by atoms with Crippen LogP contribution in [0.4, 0.5) is 0 Å². The van der Waals surface area contributed by atoms with Crippen molar-refractivity contribution in [3.8, 4) is 0 Å². The van der Waals surface area contributed by atoms with Crippen LogP contribution >= 0.6 is 0 Å². The number of rotatable bonds is 14. The molecule has 0 bridgehead atoms. The number of ether oxygens (including phenoxy) is 2. The van der Waals surface area contributed by atoms with Gasteiger partial charge in [0.1, 0.15) is 0 Å². The van der Waals surface area contributed by atoms with Gasteiger partial charge in [0.2, 0.25) is 0 Å². The van der Waals surface area contributed by atoms with Gasteiger partial charge in [-0.3, -0.25) is 9.59 Å². The van der Waals surface area contributed by atoms with Crippen molar-refractivity contribution >= 4 is 11.9 Å². The molecule has 29 heavy (non-hydrogen) atoms. The molecule has 0 aromatic carbocycles. The quantitative estimate of drug-likeness (QED) is 0.195. The summed E-state index contributed by atoms with van der Waals surface area (Å²) >= 11 is 0. The summed E-state index contributed by atoms with van der Waals surface area (Å²) in [5.41, 5.74) is 0. The zero-order valence-corrected chi connectivity index (χ0v) is 19.6. The Kier molecular flexibility index (Phi) is 12.3. The van der Waals surface area contributed by atoms with E-state index >= 15 is 0 Å². The second kappa shape index (κ2) is 13.8. The first-order valence-electron chi connectivity index (χ1n) is 11.8. The van der Waals surface area contributed by atoms with E-state index in [1.165, 1.54) is 12.8 Å². The Morgan fingerprint density at radius 2 is 1.31 bits per heavy atom. The molecule has 0 N–H and O–H groups in total. The minimum atomic E-state index is -0.492. The highest BCUT2D eigenvalue weighted by Gasteiger charge is 2.36. The predicted molar refractivity (Wildman–Crippen MR) is 118 cm³/mol. The van der Waals surface area contributed by atoms with Crippen LogP contribution in [0.25, 0.3) is 0 Å². The molecule has 0 heterocycles. The van der Waals surface area contributed by atoms with Crippen LogP contribution in [-0.4, -0.2) is 25.2 Å². The second-order valence-electron chi connectivity index (χ2n) is 9.14. The lowest BCUT2D eigenvalue weighted by Gasteiger charge is -2.20. The van der Waals surface area contributed by atoms with Crippen LogP contribution in [0.5, 0.6) is 0 Å². The topological polar surface area (TPSA) is 52.6 Å². The van der Waals surface area contributed by atoms with Crippen LogP contribution in [-0.2, 0) is 19.1 Å². The number of esters is 2. The lowest BCUT2D eigenvalue weighted by Crippen LogP contribution is -2.29. The van der Waals surface area contributed by atoms with Crippen molar-refractivity contribution in [1.29, 1.82) is 0 Å². The zero-order chi connectivity index (χ0) is 21.8. The monoisotopic (exact) mass is 408 g/mol. The Bertz CT molecular complexity index is 513. The molecule has 0 aromatic heterocycles. The van der Waals surface area contributed by atoms with E-state index in [0.29, 0.717) is 43.3 Å². The van der Waals surface area contributed by atoms with E-state index in [2.05, 4.69) is 41.5 Å². The number of hydrogen-bond donors (Lipinski definition) is 0. The molecule has 0 saturated carbocycles. The molecule has 0 aromatic rings. The normalized spacial score (nSPS) is 22.7.